The lowest BCUT2D eigenvalue weighted by Crippen LogP contribution is -2.28. The summed E-state index contributed by atoms with van der Waals surface area (Å²) in [6.07, 6.45) is 0.854. The monoisotopic (exact) mass is 512 g/mol. The largest absolute Gasteiger partial charge is 0.481 e. The topological polar surface area (TPSA) is 177 Å². The quantitative estimate of drug-likeness (QED) is 0.152. The molecule has 4 rings (SSSR count). The molecule has 2 amide bonds. The van der Waals surface area contributed by atoms with E-state index < -0.39 is 23.8 Å². The zero-order chi connectivity index (χ0) is 27.2. The number of benzene rings is 3. The third kappa shape index (κ3) is 5.86. The van der Waals surface area contributed by atoms with E-state index in [1.165, 1.54) is 0 Å². The number of aryl methyl sites for hydroxylation is 1. The lowest BCUT2D eigenvalue weighted by Gasteiger charge is -2.19. The first-order valence-corrected chi connectivity index (χ1v) is 12.0. The number of nitrogens with two attached hydrogens (primary N) is 2. The SMILES string of the molecule is N=C(N)c1ccc(-c2nc3cc(C(=O)NCCC(=O)O)ccc3n2C(CCc2ccccc2)C(N)=O)cc1. The van der Waals surface area contributed by atoms with E-state index in [2.05, 4.69) is 5.32 Å². The maximum absolute atomic E-state index is 12.8. The van der Waals surface area contributed by atoms with Crippen molar-refractivity contribution in [3.05, 3.63) is 89.5 Å². The first-order valence-electron chi connectivity index (χ1n) is 12.0. The van der Waals surface area contributed by atoms with Crippen LogP contribution in [-0.2, 0) is 16.0 Å². The smallest absolute Gasteiger partial charge is 0.305 e. The summed E-state index contributed by atoms with van der Waals surface area (Å²) in [7, 11) is 0. The molecule has 0 aliphatic carbocycles. The van der Waals surface area contributed by atoms with Gasteiger partial charge in [0.2, 0.25) is 5.91 Å². The van der Waals surface area contributed by atoms with Crippen LogP contribution in [0.1, 0.15) is 40.4 Å². The lowest BCUT2D eigenvalue weighted by atomic mass is 10.0. The number of hydrogen-bond donors (Lipinski definition) is 5. The molecule has 10 heteroatoms. The Balaban J connectivity index is 1.77. The van der Waals surface area contributed by atoms with Gasteiger partial charge in [0.1, 0.15) is 17.7 Å². The van der Waals surface area contributed by atoms with Crippen LogP contribution >= 0.6 is 0 Å². The molecule has 0 aliphatic heterocycles. The van der Waals surface area contributed by atoms with Crippen LogP contribution in [0.25, 0.3) is 22.4 Å². The Morgan fingerprint density at radius 3 is 2.29 bits per heavy atom. The maximum atomic E-state index is 12.8. The molecule has 38 heavy (non-hydrogen) atoms. The molecule has 0 spiro atoms. The molecule has 4 aromatic rings. The van der Waals surface area contributed by atoms with Crippen LogP contribution in [-0.4, -0.2) is 44.8 Å². The molecule has 0 aliphatic rings. The molecule has 3 aromatic carbocycles. The van der Waals surface area contributed by atoms with Crippen LogP contribution in [0.5, 0.6) is 0 Å². The summed E-state index contributed by atoms with van der Waals surface area (Å²) in [6.45, 7) is -0.00235. The summed E-state index contributed by atoms with van der Waals surface area (Å²) < 4.78 is 1.79. The number of carboxylic acids is 1. The average molecular weight is 513 g/mol. The number of hydrogen-bond acceptors (Lipinski definition) is 5. The number of carboxylic acid groups (broad SMARTS) is 1. The van der Waals surface area contributed by atoms with Crippen molar-refractivity contribution >= 4 is 34.7 Å². The van der Waals surface area contributed by atoms with Gasteiger partial charge in [0.25, 0.3) is 5.91 Å². The maximum Gasteiger partial charge on any atom is 0.305 e. The zero-order valence-electron chi connectivity index (χ0n) is 20.6. The van der Waals surface area contributed by atoms with E-state index in [1.807, 2.05) is 30.3 Å². The molecule has 1 atom stereocenters. The predicted octanol–water partition coefficient (Wildman–Crippen LogP) is 2.85. The molecular formula is C28H28N6O4. The Hall–Kier alpha value is -4.99. The minimum atomic E-state index is -1.01. The first kappa shape index (κ1) is 26.1. The number of rotatable bonds is 11. The molecule has 10 nitrogen and oxygen atoms in total. The van der Waals surface area contributed by atoms with Gasteiger partial charge < -0.3 is 26.5 Å². The van der Waals surface area contributed by atoms with Crippen molar-refractivity contribution in [2.75, 3.05) is 6.54 Å². The van der Waals surface area contributed by atoms with Gasteiger partial charge >= 0.3 is 5.97 Å². The minimum absolute atomic E-state index is 0.00235. The van der Waals surface area contributed by atoms with Crippen LogP contribution in [0.4, 0.5) is 0 Å². The van der Waals surface area contributed by atoms with Gasteiger partial charge in [-0.15, -0.1) is 0 Å². The number of imidazole rings is 1. The summed E-state index contributed by atoms with van der Waals surface area (Å²) >= 11 is 0. The number of primary amides is 1. The molecule has 1 unspecified atom stereocenters. The number of nitrogens with one attached hydrogen (secondary N) is 2. The van der Waals surface area contributed by atoms with E-state index in [9.17, 15) is 14.4 Å². The Morgan fingerprint density at radius 1 is 0.974 bits per heavy atom. The molecule has 0 bridgehead atoms. The van der Waals surface area contributed by atoms with Crippen LogP contribution in [0.2, 0.25) is 0 Å². The number of nitrogen functional groups attached to an aromatic ring is 1. The third-order valence-corrected chi connectivity index (χ3v) is 6.22. The van der Waals surface area contributed by atoms with Crippen LogP contribution in [0.15, 0.2) is 72.8 Å². The summed E-state index contributed by atoms with van der Waals surface area (Å²) in [5.74, 6) is -1.53. The highest BCUT2D eigenvalue weighted by molar-refractivity contribution is 5.98. The van der Waals surface area contributed by atoms with E-state index in [4.69, 9.17) is 27.0 Å². The number of aliphatic carboxylic acids is 1. The zero-order valence-corrected chi connectivity index (χ0v) is 20.6. The summed E-state index contributed by atoms with van der Waals surface area (Å²) in [4.78, 5) is 40.9. The highest BCUT2D eigenvalue weighted by Gasteiger charge is 2.25. The normalized spacial score (nSPS) is 11.7. The number of nitrogens with zero attached hydrogens (tertiary/aromatic N) is 2. The Labute approximate surface area is 218 Å². The molecule has 7 N–H and O–H groups in total. The fourth-order valence-electron chi connectivity index (χ4n) is 4.29. The van der Waals surface area contributed by atoms with Crippen molar-refractivity contribution in [2.45, 2.75) is 25.3 Å². The van der Waals surface area contributed by atoms with Crippen molar-refractivity contribution in [2.24, 2.45) is 11.5 Å². The molecule has 194 valence electrons. The Bertz CT molecular complexity index is 1500. The number of fused-ring (bicyclic) bond motifs is 1. The molecule has 0 saturated heterocycles. The van der Waals surface area contributed by atoms with Crippen molar-refractivity contribution in [1.29, 1.82) is 5.41 Å². The summed E-state index contributed by atoms with van der Waals surface area (Å²) in [5, 5.41) is 19.1. The van der Waals surface area contributed by atoms with Crippen molar-refractivity contribution in [3.8, 4) is 11.4 Å². The van der Waals surface area contributed by atoms with Crippen molar-refractivity contribution in [1.82, 2.24) is 14.9 Å². The molecule has 0 radical (unpaired) electrons. The number of amidine groups is 1. The minimum Gasteiger partial charge on any atom is -0.481 e. The van der Waals surface area contributed by atoms with Gasteiger partial charge in [-0.2, -0.15) is 0 Å². The summed E-state index contributed by atoms with van der Waals surface area (Å²) in [5.41, 5.74) is 15.2. The Kier molecular flexibility index (Phi) is 7.81. The van der Waals surface area contributed by atoms with E-state index in [0.29, 0.717) is 46.4 Å². The summed E-state index contributed by atoms with van der Waals surface area (Å²) in [6, 6.07) is 20.9. The van der Waals surface area contributed by atoms with E-state index in [-0.39, 0.29) is 18.8 Å². The van der Waals surface area contributed by atoms with Crippen molar-refractivity contribution < 1.29 is 19.5 Å². The molecule has 0 saturated carbocycles. The van der Waals surface area contributed by atoms with Crippen LogP contribution in [0, 0.1) is 5.41 Å². The molecule has 0 fully saturated rings. The molecular weight excluding hydrogens is 484 g/mol. The molecule has 1 heterocycles. The number of aromatic nitrogens is 2. The lowest BCUT2D eigenvalue weighted by molar-refractivity contribution is -0.136. The third-order valence-electron chi connectivity index (χ3n) is 6.22. The van der Waals surface area contributed by atoms with Gasteiger partial charge in [-0.05, 0) is 36.6 Å². The highest BCUT2D eigenvalue weighted by Crippen LogP contribution is 2.31. The van der Waals surface area contributed by atoms with Gasteiger partial charge in [0, 0.05) is 23.2 Å². The predicted molar refractivity (Wildman–Crippen MR) is 144 cm³/mol. The first-order chi connectivity index (χ1) is 18.2. The fourth-order valence-corrected chi connectivity index (χ4v) is 4.29. The number of carbonyl (C=O) groups is 3. The van der Waals surface area contributed by atoms with Crippen LogP contribution in [0.3, 0.4) is 0 Å². The highest BCUT2D eigenvalue weighted by atomic mass is 16.4. The number of carbonyl (C=O) groups excluding carboxylic acids is 2. The van der Waals surface area contributed by atoms with Crippen molar-refractivity contribution in [3.63, 3.8) is 0 Å². The van der Waals surface area contributed by atoms with Gasteiger partial charge in [0.05, 0.1) is 17.5 Å². The van der Waals surface area contributed by atoms with E-state index in [0.717, 1.165) is 5.56 Å². The molecule has 1 aromatic heterocycles. The van der Waals surface area contributed by atoms with Gasteiger partial charge in [0.15, 0.2) is 0 Å². The standard InChI is InChI=1S/C28H28N6O4/c29-25(30)18-7-9-19(10-8-18)27-33-21-16-20(28(38)32-15-14-24(35)36)11-13-22(21)34(27)23(26(31)37)12-6-17-4-2-1-3-5-17/h1-5,7-11,13,16,23H,6,12,14-15H2,(H3,29,30)(H2,31,37)(H,32,38)(H,35,36). The number of amides is 2. The van der Waals surface area contributed by atoms with Gasteiger partial charge in [-0.25, -0.2) is 4.98 Å². The van der Waals surface area contributed by atoms with Gasteiger partial charge in [-0.1, -0.05) is 54.6 Å². The van der Waals surface area contributed by atoms with Gasteiger partial charge in [-0.3, -0.25) is 19.8 Å². The van der Waals surface area contributed by atoms with E-state index >= 15 is 0 Å². The second kappa shape index (κ2) is 11.4. The second-order valence-corrected chi connectivity index (χ2v) is 8.84. The fraction of sp³-hybridized carbons (Fsp3) is 0.179. The average Bonchev–Trinajstić information content (AvgIpc) is 3.27. The Morgan fingerprint density at radius 2 is 1.66 bits per heavy atom. The van der Waals surface area contributed by atoms with Crippen LogP contribution < -0.4 is 16.8 Å². The second-order valence-electron chi connectivity index (χ2n) is 8.84. The van der Waals surface area contributed by atoms with E-state index in [1.54, 1.807) is 47.0 Å².